The fourth-order valence-electron chi connectivity index (χ4n) is 3.10. The quantitative estimate of drug-likeness (QED) is 0.382. The van der Waals surface area contributed by atoms with Gasteiger partial charge >= 0.3 is 0 Å². The highest BCUT2D eigenvalue weighted by Gasteiger charge is 2.17. The van der Waals surface area contributed by atoms with Gasteiger partial charge in [0, 0.05) is 11.1 Å². The number of hydrogen-bond donors (Lipinski definition) is 0. The first-order chi connectivity index (χ1) is 14.5. The molecule has 1 aromatic heterocycles. The first kappa shape index (κ1) is 21.5. The fourth-order valence-corrected chi connectivity index (χ4v) is 3.39. The molecule has 0 bridgehead atoms. The van der Waals surface area contributed by atoms with Crippen molar-refractivity contribution in [3.05, 3.63) is 76.1 Å². The van der Waals surface area contributed by atoms with E-state index in [1.807, 2.05) is 37.3 Å². The summed E-state index contributed by atoms with van der Waals surface area (Å²) in [5, 5.41) is 4.98. The van der Waals surface area contributed by atoms with Crippen LogP contribution >= 0.6 is 11.6 Å². The number of halogens is 1. The lowest BCUT2D eigenvalue weighted by molar-refractivity contribution is 0.104. The zero-order valence-electron chi connectivity index (χ0n) is 17.3. The van der Waals surface area contributed by atoms with E-state index in [1.165, 1.54) is 27.4 Å². The van der Waals surface area contributed by atoms with Crippen molar-refractivity contribution in [2.24, 2.45) is 0 Å². The molecule has 0 atom stereocenters. The van der Waals surface area contributed by atoms with Crippen LogP contribution in [0.3, 0.4) is 0 Å². The van der Waals surface area contributed by atoms with Gasteiger partial charge in [-0.3, -0.25) is 4.79 Å². The first-order valence-electron chi connectivity index (χ1n) is 9.27. The minimum Gasteiger partial charge on any atom is -0.493 e. The average molecular weight is 427 g/mol. The minimum absolute atomic E-state index is 0.222. The third kappa shape index (κ3) is 4.49. The molecule has 156 valence electrons. The zero-order chi connectivity index (χ0) is 21.7. The van der Waals surface area contributed by atoms with Crippen molar-refractivity contribution in [3.63, 3.8) is 0 Å². The molecule has 0 radical (unpaired) electrons. The first-order valence-corrected chi connectivity index (χ1v) is 9.65. The molecule has 0 N–H and O–H groups in total. The SMILES string of the molecule is COc1cc(C(=O)/C=C/c2c(C)nn(Cc3ccccc3)c2Cl)cc(OC)c1OC. The van der Waals surface area contributed by atoms with Crippen LogP contribution < -0.4 is 14.2 Å². The Balaban J connectivity index is 1.86. The van der Waals surface area contributed by atoms with Gasteiger partial charge in [-0.05, 0) is 36.8 Å². The molecule has 0 unspecified atom stereocenters. The van der Waals surface area contributed by atoms with E-state index in [0.717, 1.165) is 11.3 Å². The second-order valence-corrected chi connectivity index (χ2v) is 6.90. The molecule has 0 spiro atoms. The molecule has 0 aliphatic heterocycles. The van der Waals surface area contributed by atoms with E-state index in [2.05, 4.69) is 5.10 Å². The highest BCUT2D eigenvalue weighted by atomic mass is 35.5. The monoisotopic (exact) mass is 426 g/mol. The maximum atomic E-state index is 12.8. The van der Waals surface area contributed by atoms with E-state index in [4.69, 9.17) is 25.8 Å². The van der Waals surface area contributed by atoms with Gasteiger partial charge < -0.3 is 14.2 Å². The Labute approximate surface area is 180 Å². The number of ether oxygens (including phenoxy) is 3. The van der Waals surface area contributed by atoms with Gasteiger partial charge in [0.25, 0.3) is 0 Å². The third-order valence-electron chi connectivity index (χ3n) is 4.64. The normalized spacial score (nSPS) is 11.0. The second-order valence-electron chi connectivity index (χ2n) is 6.54. The van der Waals surface area contributed by atoms with Gasteiger partial charge in [0.15, 0.2) is 17.3 Å². The van der Waals surface area contributed by atoms with Crippen LogP contribution in [-0.2, 0) is 6.54 Å². The van der Waals surface area contributed by atoms with Gasteiger partial charge in [-0.2, -0.15) is 5.10 Å². The Morgan fingerprint density at radius 2 is 1.70 bits per heavy atom. The van der Waals surface area contributed by atoms with E-state index in [0.29, 0.717) is 40.1 Å². The summed E-state index contributed by atoms with van der Waals surface area (Å²) in [6.45, 7) is 2.41. The summed E-state index contributed by atoms with van der Waals surface area (Å²) in [5.41, 5.74) is 2.94. The van der Waals surface area contributed by atoms with Crippen LogP contribution in [0, 0.1) is 6.92 Å². The van der Waals surface area contributed by atoms with Gasteiger partial charge in [0.05, 0.1) is 33.6 Å². The molecular formula is C23H23ClN2O4. The number of carbonyl (C=O) groups is 1. The van der Waals surface area contributed by atoms with Gasteiger partial charge in [-0.25, -0.2) is 4.68 Å². The number of nitrogens with zero attached hydrogens (tertiary/aromatic N) is 2. The maximum absolute atomic E-state index is 12.8. The molecule has 7 heteroatoms. The number of benzene rings is 2. The fraction of sp³-hybridized carbons (Fsp3) is 0.217. The predicted octanol–water partition coefficient (Wildman–Crippen LogP) is 4.82. The molecule has 3 aromatic rings. The van der Waals surface area contributed by atoms with E-state index < -0.39 is 0 Å². The summed E-state index contributed by atoms with van der Waals surface area (Å²) in [6.07, 6.45) is 3.14. The van der Waals surface area contributed by atoms with Gasteiger partial charge in [-0.15, -0.1) is 0 Å². The average Bonchev–Trinajstić information content (AvgIpc) is 3.03. The standard InChI is InChI=1S/C23H23ClN2O4/c1-15-18(23(24)26(25-15)14-16-8-6-5-7-9-16)10-11-19(27)17-12-20(28-2)22(30-4)21(13-17)29-3/h5-13H,14H2,1-4H3/b11-10+. The number of carbonyl (C=O) groups excluding carboxylic acids is 1. The lowest BCUT2D eigenvalue weighted by Gasteiger charge is -2.13. The van der Waals surface area contributed by atoms with Gasteiger partial charge in [0.2, 0.25) is 5.75 Å². The summed E-state index contributed by atoms with van der Waals surface area (Å²) in [7, 11) is 4.52. The second kappa shape index (κ2) is 9.50. The summed E-state index contributed by atoms with van der Waals surface area (Å²) in [5.74, 6) is 1.04. The number of allylic oxidation sites excluding steroid dienone is 1. The summed E-state index contributed by atoms with van der Waals surface area (Å²) < 4.78 is 17.6. The largest absolute Gasteiger partial charge is 0.493 e. The number of aryl methyl sites for hydroxylation is 1. The Morgan fingerprint density at radius 3 is 2.27 bits per heavy atom. The summed E-state index contributed by atoms with van der Waals surface area (Å²) >= 11 is 6.53. The zero-order valence-corrected chi connectivity index (χ0v) is 18.1. The maximum Gasteiger partial charge on any atom is 0.203 e. The lowest BCUT2D eigenvalue weighted by atomic mass is 10.1. The number of rotatable bonds is 8. The lowest BCUT2D eigenvalue weighted by Crippen LogP contribution is -2.01. The third-order valence-corrected chi connectivity index (χ3v) is 5.03. The molecule has 3 rings (SSSR count). The van der Waals surface area contributed by atoms with Crippen LogP contribution in [-0.4, -0.2) is 36.9 Å². The van der Waals surface area contributed by atoms with Crippen LogP contribution in [0.1, 0.15) is 27.2 Å². The van der Waals surface area contributed by atoms with Crippen molar-refractivity contribution >= 4 is 23.5 Å². The Morgan fingerprint density at radius 1 is 1.07 bits per heavy atom. The van der Waals surface area contributed by atoms with Crippen LogP contribution in [0.25, 0.3) is 6.08 Å². The molecule has 30 heavy (non-hydrogen) atoms. The van der Waals surface area contributed by atoms with Crippen LogP contribution in [0.15, 0.2) is 48.5 Å². The molecule has 0 aliphatic carbocycles. The molecule has 2 aromatic carbocycles. The molecule has 1 heterocycles. The predicted molar refractivity (Wildman–Crippen MR) is 117 cm³/mol. The Kier molecular flexibility index (Phi) is 6.79. The van der Waals surface area contributed by atoms with Gasteiger partial charge in [0.1, 0.15) is 5.15 Å². The Hall–Kier alpha value is -3.25. The number of hydrogen-bond acceptors (Lipinski definition) is 5. The molecule has 6 nitrogen and oxygen atoms in total. The van der Waals surface area contributed by atoms with Crippen LogP contribution in [0.5, 0.6) is 17.2 Å². The number of ketones is 1. The number of aromatic nitrogens is 2. The molecular weight excluding hydrogens is 404 g/mol. The van der Waals surface area contributed by atoms with Crippen molar-refractivity contribution in [3.8, 4) is 17.2 Å². The van der Waals surface area contributed by atoms with Crippen molar-refractivity contribution in [2.75, 3.05) is 21.3 Å². The summed E-state index contributed by atoms with van der Waals surface area (Å²) in [6, 6.07) is 13.1. The van der Waals surface area contributed by atoms with Crippen molar-refractivity contribution in [1.29, 1.82) is 0 Å². The molecule has 0 saturated heterocycles. The molecule has 0 amide bonds. The van der Waals surface area contributed by atoms with Crippen molar-refractivity contribution < 1.29 is 19.0 Å². The van der Waals surface area contributed by atoms with Crippen molar-refractivity contribution in [2.45, 2.75) is 13.5 Å². The smallest absolute Gasteiger partial charge is 0.203 e. The highest BCUT2D eigenvalue weighted by molar-refractivity contribution is 6.31. The van der Waals surface area contributed by atoms with Crippen LogP contribution in [0.4, 0.5) is 0 Å². The highest BCUT2D eigenvalue weighted by Crippen LogP contribution is 2.38. The van der Waals surface area contributed by atoms with E-state index in [-0.39, 0.29) is 5.78 Å². The molecule has 0 aliphatic rings. The molecule has 0 fully saturated rings. The van der Waals surface area contributed by atoms with E-state index >= 15 is 0 Å². The van der Waals surface area contributed by atoms with E-state index in [1.54, 1.807) is 22.9 Å². The number of methoxy groups -OCH3 is 3. The minimum atomic E-state index is -0.222. The Bertz CT molecular complexity index is 1050. The molecule has 0 saturated carbocycles. The topological polar surface area (TPSA) is 62.6 Å². The summed E-state index contributed by atoms with van der Waals surface area (Å²) in [4.78, 5) is 12.8. The van der Waals surface area contributed by atoms with Gasteiger partial charge in [-0.1, -0.05) is 41.9 Å². The van der Waals surface area contributed by atoms with Crippen molar-refractivity contribution in [1.82, 2.24) is 9.78 Å². The van der Waals surface area contributed by atoms with Crippen LogP contribution in [0.2, 0.25) is 5.15 Å². The van der Waals surface area contributed by atoms with E-state index in [9.17, 15) is 4.79 Å².